The van der Waals surface area contributed by atoms with Gasteiger partial charge in [0, 0.05) is 37.6 Å². The van der Waals surface area contributed by atoms with Crippen molar-refractivity contribution in [2.24, 2.45) is 5.41 Å². The third kappa shape index (κ3) is 3.18. The summed E-state index contributed by atoms with van der Waals surface area (Å²) in [6, 6.07) is 12.5. The molecule has 4 nitrogen and oxygen atoms in total. The summed E-state index contributed by atoms with van der Waals surface area (Å²) in [5, 5.41) is 3.49. The number of benzene rings is 1. The normalized spacial score (nSPS) is 19.2. The molecule has 1 aromatic heterocycles. The van der Waals surface area contributed by atoms with Crippen LogP contribution in [-0.4, -0.2) is 41.6 Å². The molecule has 4 heteroatoms. The number of carbonyl (C=O) groups is 1. The van der Waals surface area contributed by atoms with Gasteiger partial charge in [0.2, 0.25) is 0 Å². The monoisotopic (exact) mass is 351 g/mol. The van der Waals surface area contributed by atoms with Gasteiger partial charge in [0.1, 0.15) is 0 Å². The molecule has 2 aliphatic rings. The van der Waals surface area contributed by atoms with E-state index in [0.29, 0.717) is 5.41 Å². The Labute approximate surface area is 156 Å². The van der Waals surface area contributed by atoms with Crippen LogP contribution in [0.4, 0.5) is 0 Å². The van der Waals surface area contributed by atoms with E-state index in [1.807, 2.05) is 6.07 Å². The highest BCUT2D eigenvalue weighted by atomic mass is 16.2. The summed E-state index contributed by atoms with van der Waals surface area (Å²) in [6.07, 6.45) is 3.53. The van der Waals surface area contributed by atoms with Crippen LogP contribution in [0.2, 0.25) is 0 Å². The van der Waals surface area contributed by atoms with E-state index in [2.05, 4.69) is 59.0 Å². The summed E-state index contributed by atoms with van der Waals surface area (Å²) in [6.45, 7) is 9.04. The van der Waals surface area contributed by atoms with Gasteiger partial charge in [0.05, 0.1) is 5.56 Å². The highest BCUT2D eigenvalue weighted by molar-refractivity contribution is 5.95. The van der Waals surface area contributed by atoms with Gasteiger partial charge in [-0.1, -0.05) is 30.3 Å². The number of aromatic nitrogens is 1. The van der Waals surface area contributed by atoms with Gasteiger partial charge in [0.25, 0.3) is 5.91 Å². The summed E-state index contributed by atoms with van der Waals surface area (Å²) in [5.74, 6) is 0.207. The molecule has 26 heavy (non-hydrogen) atoms. The first-order valence-electron chi connectivity index (χ1n) is 9.79. The van der Waals surface area contributed by atoms with Crippen LogP contribution in [0.15, 0.2) is 36.4 Å². The minimum absolute atomic E-state index is 0.207. The molecule has 1 N–H and O–H groups in total. The Morgan fingerprint density at radius 1 is 1.12 bits per heavy atom. The number of nitrogens with zero attached hydrogens (tertiary/aromatic N) is 2. The van der Waals surface area contributed by atoms with Gasteiger partial charge >= 0.3 is 0 Å². The van der Waals surface area contributed by atoms with Crippen molar-refractivity contribution >= 4 is 5.91 Å². The quantitative estimate of drug-likeness (QED) is 0.921. The van der Waals surface area contributed by atoms with Crippen LogP contribution in [0, 0.1) is 19.3 Å². The van der Waals surface area contributed by atoms with E-state index in [0.717, 1.165) is 62.5 Å². The van der Waals surface area contributed by atoms with Crippen molar-refractivity contribution in [3.63, 3.8) is 0 Å². The standard InChI is InChI=1S/C22H29N3O/c1-17-14-20(18(2)25(17)15-19-6-4-3-5-7-19)21(26)24-12-9-22(10-13-24)8-11-23-16-22/h3-7,14,23H,8-13,15-16H2,1-2H3. The van der Waals surface area contributed by atoms with E-state index >= 15 is 0 Å². The number of piperidine rings is 1. The SMILES string of the molecule is Cc1cc(C(=O)N2CCC3(CCNC3)CC2)c(C)n1Cc1ccccc1. The van der Waals surface area contributed by atoms with Gasteiger partial charge in [-0.25, -0.2) is 0 Å². The van der Waals surface area contributed by atoms with Crippen molar-refractivity contribution < 1.29 is 4.79 Å². The zero-order valence-electron chi connectivity index (χ0n) is 15.9. The van der Waals surface area contributed by atoms with Crippen LogP contribution in [0.3, 0.4) is 0 Å². The van der Waals surface area contributed by atoms with E-state index in [4.69, 9.17) is 0 Å². The van der Waals surface area contributed by atoms with Gasteiger partial charge in [-0.05, 0) is 56.7 Å². The second-order valence-corrected chi connectivity index (χ2v) is 8.08. The van der Waals surface area contributed by atoms with E-state index in [1.54, 1.807) is 0 Å². The van der Waals surface area contributed by atoms with Crippen molar-refractivity contribution in [2.75, 3.05) is 26.2 Å². The second kappa shape index (κ2) is 6.92. The van der Waals surface area contributed by atoms with Gasteiger partial charge in [-0.3, -0.25) is 4.79 Å². The maximum Gasteiger partial charge on any atom is 0.255 e. The first-order chi connectivity index (χ1) is 12.6. The predicted octanol–water partition coefficient (Wildman–Crippen LogP) is 3.37. The average Bonchev–Trinajstić information content (AvgIpc) is 3.22. The number of likely N-dealkylation sites (tertiary alicyclic amines) is 1. The zero-order chi connectivity index (χ0) is 18.1. The van der Waals surface area contributed by atoms with Gasteiger partial charge in [0.15, 0.2) is 0 Å². The maximum absolute atomic E-state index is 13.1. The predicted molar refractivity (Wildman–Crippen MR) is 105 cm³/mol. The molecule has 4 rings (SSSR count). The number of amides is 1. The summed E-state index contributed by atoms with van der Waals surface area (Å²) in [4.78, 5) is 15.2. The molecule has 1 aromatic carbocycles. The smallest absolute Gasteiger partial charge is 0.255 e. The Kier molecular flexibility index (Phi) is 4.62. The molecular weight excluding hydrogens is 322 g/mol. The maximum atomic E-state index is 13.1. The molecule has 1 amide bonds. The van der Waals surface area contributed by atoms with Crippen molar-refractivity contribution in [3.8, 4) is 0 Å². The van der Waals surface area contributed by atoms with Gasteiger partial charge in [-0.2, -0.15) is 0 Å². The summed E-state index contributed by atoms with van der Waals surface area (Å²) >= 11 is 0. The molecule has 0 bridgehead atoms. The minimum atomic E-state index is 0.207. The lowest BCUT2D eigenvalue weighted by Gasteiger charge is -2.38. The van der Waals surface area contributed by atoms with Gasteiger partial charge in [-0.15, -0.1) is 0 Å². The number of aryl methyl sites for hydroxylation is 1. The molecule has 0 aliphatic carbocycles. The lowest BCUT2D eigenvalue weighted by molar-refractivity contribution is 0.0607. The van der Waals surface area contributed by atoms with Crippen LogP contribution in [-0.2, 0) is 6.54 Å². The molecule has 0 atom stereocenters. The van der Waals surface area contributed by atoms with Crippen LogP contribution in [0.1, 0.15) is 46.6 Å². The van der Waals surface area contributed by atoms with Crippen molar-refractivity contribution in [1.82, 2.24) is 14.8 Å². The number of hydrogen-bond acceptors (Lipinski definition) is 2. The zero-order valence-corrected chi connectivity index (χ0v) is 15.9. The van der Waals surface area contributed by atoms with Gasteiger partial charge < -0.3 is 14.8 Å². The number of hydrogen-bond donors (Lipinski definition) is 1. The first-order valence-corrected chi connectivity index (χ1v) is 9.79. The topological polar surface area (TPSA) is 37.3 Å². The third-order valence-corrected chi connectivity index (χ3v) is 6.43. The molecule has 138 valence electrons. The Bertz CT molecular complexity index is 777. The first kappa shape index (κ1) is 17.3. The summed E-state index contributed by atoms with van der Waals surface area (Å²) < 4.78 is 2.26. The number of nitrogens with one attached hydrogen (secondary N) is 1. The molecule has 2 aliphatic heterocycles. The lowest BCUT2D eigenvalue weighted by atomic mass is 9.78. The summed E-state index contributed by atoms with van der Waals surface area (Å²) in [7, 11) is 0. The Hall–Kier alpha value is -2.07. The third-order valence-electron chi connectivity index (χ3n) is 6.43. The number of rotatable bonds is 3. The molecule has 2 fully saturated rings. The largest absolute Gasteiger partial charge is 0.344 e. The molecule has 0 unspecified atom stereocenters. The van der Waals surface area contributed by atoms with E-state index in [1.165, 1.54) is 12.0 Å². The molecule has 1 spiro atoms. The fraction of sp³-hybridized carbons (Fsp3) is 0.500. The highest BCUT2D eigenvalue weighted by Gasteiger charge is 2.38. The number of carbonyl (C=O) groups excluding carboxylic acids is 1. The fourth-order valence-electron chi connectivity index (χ4n) is 4.60. The van der Waals surface area contributed by atoms with Crippen LogP contribution < -0.4 is 5.32 Å². The Balaban J connectivity index is 1.49. The van der Waals surface area contributed by atoms with Crippen molar-refractivity contribution in [1.29, 1.82) is 0 Å². The van der Waals surface area contributed by atoms with E-state index < -0.39 is 0 Å². The molecule has 2 aromatic rings. The van der Waals surface area contributed by atoms with Crippen LogP contribution in [0.5, 0.6) is 0 Å². The Morgan fingerprint density at radius 2 is 1.85 bits per heavy atom. The molecule has 2 saturated heterocycles. The molecule has 3 heterocycles. The lowest BCUT2D eigenvalue weighted by Crippen LogP contribution is -2.44. The Morgan fingerprint density at radius 3 is 2.50 bits per heavy atom. The minimum Gasteiger partial charge on any atom is -0.344 e. The van der Waals surface area contributed by atoms with Crippen molar-refractivity contribution in [3.05, 3.63) is 58.9 Å². The fourth-order valence-corrected chi connectivity index (χ4v) is 4.60. The summed E-state index contributed by atoms with van der Waals surface area (Å²) in [5.41, 5.74) is 4.82. The van der Waals surface area contributed by atoms with E-state index in [-0.39, 0.29) is 5.91 Å². The van der Waals surface area contributed by atoms with E-state index in [9.17, 15) is 4.79 Å². The second-order valence-electron chi connectivity index (χ2n) is 8.08. The molecule has 0 saturated carbocycles. The molecule has 0 radical (unpaired) electrons. The average molecular weight is 351 g/mol. The van der Waals surface area contributed by atoms with Crippen molar-refractivity contribution in [2.45, 2.75) is 39.7 Å². The van der Waals surface area contributed by atoms with Crippen LogP contribution >= 0.6 is 0 Å². The molecular formula is C22H29N3O. The van der Waals surface area contributed by atoms with Crippen LogP contribution in [0.25, 0.3) is 0 Å². The highest BCUT2D eigenvalue weighted by Crippen LogP contribution is 2.37.